The summed E-state index contributed by atoms with van der Waals surface area (Å²) in [6.45, 7) is 2.78. The first kappa shape index (κ1) is 16.5. The molecule has 3 aliphatic heterocycles. The molecular formula is C19H25N3O3. The van der Waals surface area contributed by atoms with Crippen molar-refractivity contribution in [2.75, 3.05) is 19.7 Å². The van der Waals surface area contributed by atoms with Crippen molar-refractivity contribution in [3.8, 4) is 0 Å². The van der Waals surface area contributed by atoms with Crippen molar-refractivity contribution in [1.29, 1.82) is 0 Å². The van der Waals surface area contributed by atoms with Gasteiger partial charge < -0.3 is 14.5 Å². The van der Waals surface area contributed by atoms with Crippen LogP contribution in [0, 0.1) is 0 Å². The molecule has 4 rings (SSSR count). The fourth-order valence-electron chi connectivity index (χ4n) is 4.44. The van der Waals surface area contributed by atoms with E-state index in [0.29, 0.717) is 19.6 Å². The van der Waals surface area contributed by atoms with Gasteiger partial charge in [0.25, 0.3) is 5.91 Å². The molecule has 0 N–H and O–H groups in total. The van der Waals surface area contributed by atoms with Gasteiger partial charge in [-0.3, -0.25) is 14.6 Å². The zero-order valence-corrected chi connectivity index (χ0v) is 14.5. The van der Waals surface area contributed by atoms with Crippen LogP contribution in [-0.4, -0.2) is 57.9 Å². The molecule has 134 valence electrons. The summed E-state index contributed by atoms with van der Waals surface area (Å²) < 4.78 is 5.54. The number of carbonyl (C=O) groups excluding carboxylic acids is 2. The third kappa shape index (κ3) is 3.15. The van der Waals surface area contributed by atoms with Crippen molar-refractivity contribution in [2.45, 2.75) is 56.7 Å². The van der Waals surface area contributed by atoms with E-state index >= 15 is 0 Å². The molecule has 6 nitrogen and oxygen atoms in total. The number of piperidine rings is 1. The number of nitrogens with zero attached hydrogens (tertiary/aromatic N) is 3. The lowest BCUT2D eigenvalue weighted by Crippen LogP contribution is -2.55. The second-order valence-corrected chi connectivity index (χ2v) is 7.39. The molecule has 0 saturated carbocycles. The number of hydrogen-bond acceptors (Lipinski definition) is 4. The Labute approximate surface area is 148 Å². The molecule has 3 saturated heterocycles. The topological polar surface area (TPSA) is 62.7 Å². The van der Waals surface area contributed by atoms with Crippen LogP contribution in [0.3, 0.4) is 0 Å². The first-order chi connectivity index (χ1) is 12.2. The highest BCUT2D eigenvalue weighted by molar-refractivity contribution is 5.82. The third-order valence-electron chi connectivity index (χ3n) is 5.98. The van der Waals surface area contributed by atoms with Crippen LogP contribution in [0.2, 0.25) is 0 Å². The van der Waals surface area contributed by atoms with Crippen LogP contribution >= 0.6 is 0 Å². The lowest BCUT2D eigenvalue weighted by atomic mass is 9.84. The zero-order chi connectivity index (χ0) is 17.3. The molecule has 0 radical (unpaired) electrons. The Kier molecular flexibility index (Phi) is 4.46. The van der Waals surface area contributed by atoms with Gasteiger partial charge in [0.15, 0.2) is 0 Å². The molecule has 25 heavy (non-hydrogen) atoms. The number of likely N-dealkylation sites (tertiary alicyclic amines) is 2. The molecule has 0 unspecified atom stereocenters. The van der Waals surface area contributed by atoms with Gasteiger partial charge in [-0.15, -0.1) is 0 Å². The Balaban J connectivity index is 1.43. The van der Waals surface area contributed by atoms with Crippen LogP contribution in [0.25, 0.3) is 0 Å². The quantitative estimate of drug-likeness (QED) is 0.839. The number of amides is 2. The molecular weight excluding hydrogens is 318 g/mol. The first-order valence-electron chi connectivity index (χ1n) is 9.28. The third-order valence-corrected chi connectivity index (χ3v) is 5.98. The van der Waals surface area contributed by atoms with E-state index in [1.165, 1.54) is 0 Å². The van der Waals surface area contributed by atoms with Crippen LogP contribution in [-0.2, 0) is 20.9 Å². The molecule has 6 heteroatoms. The summed E-state index contributed by atoms with van der Waals surface area (Å²) in [6.07, 6.45) is 8.35. The lowest BCUT2D eigenvalue weighted by molar-refractivity contribution is -0.144. The Morgan fingerprint density at radius 2 is 2.00 bits per heavy atom. The fourth-order valence-corrected chi connectivity index (χ4v) is 4.44. The molecule has 1 aromatic rings. The Morgan fingerprint density at radius 3 is 2.68 bits per heavy atom. The molecule has 3 aliphatic rings. The highest BCUT2D eigenvalue weighted by Gasteiger charge is 2.47. The van der Waals surface area contributed by atoms with Crippen molar-refractivity contribution in [3.05, 3.63) is 30.1 Å². The van der Waals surface area contributed by atoms with Gasteiger partial charge in [-0.2, -0.15) is 0 Å². The number of hydrogen-bond donors (Lipinski definition) is 0. The SMILES string of the molecule is O=C([C@@H]1CCCO1)N1CCC2(CCC(=O)N2Cc2ccncc2)CC1. The first-order valence-corrected chi connectivity index (χ1v) is 9.28. The van der Waals surface area contributed by atoms with Crippen molar-refractivity contribution in [2.24, 2.45) is 0 Å². The maximum Gasteiger partial charge on any atom is 0.251 e. The monoisotopic (exact) mass is 343 g/mol. The summed E-state index contributed by atoms with van der Waals surface area (Å²) in [4.78, 5) is 33.1. The van der Waals surface area contributed by atoms with Crippen LogP contribution < -0.4 is 0 Å². The van der Waals surface area contributed by atoms with Gasteiger partial charge >= 0.3 is 0 Å². The Hall–Kier alpha value is -1.95. The second-order valence-electron chi connectivity index (χ2n) is 7.39. The van der Waals surface area contributed by atoms with Gasteiger partial charge in [0.05, 0.1) is 0 Å². The van der Waals surface area contributed by atoms with E-state index in [2.05, 4.69) is 9.88 Å². The largest absolute Gasteiger partial charge is 0.368 e. The molecule has 1 spiro atoms. The highest BCUT2D eigenvalue weighted by atomic mass is 16.5. The maximum absolute atomic E-state index is 12.6. The standard InChI is InChI=1S/C19H25N3O3/c23-17-3-6-19(22(17)14-15-4-9-20-10-5-15)7-11-21(12-8-19)18(24)16-2-1-13-25-16/h4-5,9-10,16H,1-3,6-8,11-14H2/t16-/m0/s1. The van der Waals surface area contributed by atoms with Crippen LogP contribution in [0.5, 0.6) is 0 Å². The summed E-state index contributed by atoms with van der Waals surface area (Å²) in [5.74, 6) is 0.369. The number of pyridine rings is 1. The Morgan fingerprint density at radius 1 is 1.24 bits per heavy atom. The summed E-state index contributed by atoms with van der Waals surface area (Å²) in [5.41, 5.74) is 1.02. The van der Waals surface area contributed by atoms with E-state index in [-0.39, 0.29) is 23.5 Å². The number of ether oxygens (including phenoxy) is 1. The minimum absolute atomic E-state index is 0.0896. The fraction of sp³-hybridized carbons (Fsp3) is 0.632. The number of rotatable bonds is 3. The Bertz CT molecular complexity index is 635. The second kappa shape index (κ2) is 6.75. The van der Waals surface area contributed by atoms with E-state index in [1.807, 2.05) is 17.0 Å². The molecule has 2 amide bonds. The highest BCUT2D eigenvalue weighted by Crippen LogP contribution is 2.40. The van der Waals surface area contributed by atoms with Gasteiger partial charge in [0.2, 0.25) is 5.91 Å². The van der Waals surface area contributed by atoms with E-state index in [9.17, 15) is 9.59 Å². The number of carbonyl (C=O) groups is 2. The zero-order valence-electron chi connectivity index (χ0n) is 14.5. The lowest BCUT2D eigenvalue weighted by Gasteiger charge is -2.45. The van der Waals surface area contributed by atoms with Crippen LogP contribution in [0.4, 0.5) is 0 Å². The smallest absolute Gasteiger partial charge is 0.251 e. The average molecular weight is 343 g/mol. The maximum atomic E-state index is 12.6. The summed E-state index contributed by atoms with van der Waals surface area (Å²) >= 11 is 0. The molecule has 1 atom stereocenters. The molecule has 0 aromatic carbocycles. The van der Waals surface area contributed by atoms with Crippen LogP contribution in [0.15, 0.2) is 24.5 Å². The van der Waals surface area contributed by atoms with Crippen molar-refractivity contribution in [1.82, 2.24) is 14.8 Å². The normalized spacial score (nSPS) is 25.8. The predicted molar refractivity (Wildman–Crippen MR) is 91.5 cm³/mol. The molecule has 0 bridgehead atoms. The van der Waals surface area contributed by atoms with E-state index in [0.717, 1.165) is 50.8 Å². The summed E-state index contributed by atoms with van der Waals surface area (Å²) in [6, 6.07) is 3.94. The molecule has 0 aliphatic carbocycles. The predicted octanol–water partition coefficient (Wildman–Crippen LogP) is 1.74. The molecule has 4 heterocycles. The van der Waals surface area contributed by atoms with Gasteiger partial charge in [-0.1, -0.05) is 0 Å². The summed E-state index contributed by atoms with van der Waals surface area (Å²) in [7, 11) is 0. The van der Waals surface area contributed by atoms with Crippen molar-refractivity contribution >= 4 is 11.8 Å². The van der Waals surface area contributed by atoms with E-state index in [1.54, 1.807) is 12.4 Å². The van der Waals surface area contributed by atoms with Gasteiger partial charge in [-0.05, 0) is 49.8 Å². The van der Waals surface area contributed by atoms with E-state index in [4.69, 9.17) is 4.74 Å². The van der Waals surface area contributed by atoms with Gasteiger partial charge in [0, 0.05) is 50.6 Å². The minimum Gasteiger partial charge on any atom is -0.368 e. The molecule has 3 fully saturated rings. The summed E-state index contributed by atoms with van der Waals surface area (Å²) in [5, 5.41) is 0. The van der Waals surface area contributed by atoms with E-state index < -0.39 is 0 Å². The van der Waals surface area contributed by atoms with Crippen LogP contribution in [0.1, 0.15) is 44.1 Å². The molecule has 1 aromatic heterocycles. The minimum atomic E-state index is -0.243. The average Bonchev–Trinajstić information content (AvgIpc) is 3.28. The van der Waals surface area contributed by atoms with Gasteiger partial charge in [-0.25, -0.2) is 0 Å². The van der Waals surface area contributed by atoms with Gasteiger partial charge in [0.1, 0.15) is 6.10 Å². The van der Waals surface area contributed by atoms with Crippen molar-refractivity contribution < 1.29 is 14.3 Å². The van der Waals surface area contributed by atoms with Crippen molar-refractivity contribution in [3.63, 3.8) is 0 Å². The number of aromatic nitrogens is 1.